The van der Waals surface area contributed by atoms with Gasteiger partial charge in [-0.3, -0.25) is 9.69 Å². The van der Waals surface area contributed by atoms with Gasteiger partial charge in [0.1, 0.15) is 0 Å². The van der Waals surface area contributed by atoms with Crippen molar-refractivity contribution in [1.29, 1.82) is 0 Å². The number of ether oxygens (including phenoxy) is 1. The van der Waals surface area contributed by atoms with Crippen LogP contribution in [0.25, 0.3) is 0 Å². The van der Waals surface area contributed by atoms with E-state index in [1.54, 1.807) is 7.11 Å². The first-order chi connectivity index (χ1) is 6.65. The van der Waals surface area contributed by atoms with E-state index in [0.29, 0.717) is 19.2 Å². The summed E-state index contributed by atoms with van der Waals surface area (Å²) in [7, 11) is 1.67. The van der Waals surface area contributed by atoms with E-state index < -0.39 is 11.9 Å². The van der Waals surface area contributed by atoms with E-state index in [0.717, 1.165) is 6.54 Å². The Bertz CT molecular complexity index is 194. The Balaban J connectivity index is 2.30. The Hall–Kier alpha value is -0.650. The van der Waals surface area contributed by atoms with Crippen LogP contribution in [-0.2, 0) is 9.53 Å². The van der Waals surface area contributed by atoms with Crippen molar-refractivity contribution in [1.82, 2.24) is 4.90 Å². The maximum Gasteiger partial charge on any atom is 0.235 e. The van der Waals surface area contributed by atoms with Gasteiger partial charge in [-0.2, -0.15) is 0 Å². The number of carbonyl (C=O) groups excluding carboxylic acids is 1. The number of nitrogens with two attached hydrogens (primary N) is 2. The van der Waals surface area contributed by atoms with Crippen LogP contribution >= 0.6 is 0 Å². The van der Waals surface area contributed by atoms with Crippen LogP contribution in [0.15, 0.2) is 0 Å². The number of primary amides is 1. The van der Waals surface area contributed by atoms with Crippen molar-refractivity contribution in [2.75, 3.05) is 26.8 Å². The van der Waals surface area contributed by atoms with E-state index in [1.165, 1.54) is 12.8 Å². The van der Waals surface area contributed by atoms with Crippen LogP contribution in [0, 0.1) is 0 Å². The fraction of sp³-hybridized carbons (Fsp3) is 0.889. The molecule has 1 atom stereocenters. The first-order valence-electron chi connectivity index (χ1n) is 4.93. The quantitative estimate of drug-likeness (QED) is 0.548. The lowest BCUT2D eigenvalue weighted by Gasteiger charge is -2.23. The van der Waals surface area contributed by atoms with Crippen LogP contribution in [0.1, 0.15) is 12.8 Å². The topological polar surface area (TPSA) is 81.6 Å². The predicted molar refractivity (Wildman–Crippen MR) is 53.6 cm³/mol. The molecule has 0 aromatic carbocycles. The number of nitrogens with zero attached hydrogens (tertiary/aromatic N) is 1. The monoisotopic (exact) mass is 201 g/mol. The Morgan fingerprint density at radius 1 is 1.64 bits per heavy atom. The fourth-order valence-electron chi connectivity index (χ4n) is 1.41. The zero-order valence-corrected chi connectivity index (χ0v) is 8.61. The molecular weight excluding hydrogens is 182 g/mol. The van der Waals surface area contributed by atoms with Crippen LogP contribution in [0.4, 0.5) is 0 Å². The lowest BCUT2D eigenvalue weighted by Crippen LogP contribution is -2.47. The largest absolute Gasteiger partial charge is 0.383 e. The summed E-state index contributed by atoms with van der Waals surface area (Å²) >= 11 is 0. The van der Waals surface area contributed by atoms with Crippen LogP contribution in [0.5, 0.6) is 0 Å². The van der Waals surface area contributed by atoms with Gasteiger partial charge in [0.25, 0.3) is 0 Å². The molecule has 1 fully saturated rings. The molecule has 1 amide bonds. The average molecular weight is 201 g/mol. The molecule has 14 heavy (non-hydrogen) atoms. The number of rotatable bonds is 7. The molecule has 0 bridgehead atoms. The fourth-order valence-corrected chi connectivity index (χ4v) is 1.41. The first-order valence-corrected chi connectivity index (χ1v) is 4.93. The van der Waals surface area contributed by atoms with Gasteiger partial charge in [-0.15, -0.1) is 0 Å². The summed E-state index contributed by atoms with van der Waals surface area (Å²) in [6.07, 6.45) is 2.38. The van der Waals surface area contributed by atoms with Gasteiger partial charge in [0.05, 0.1) is 12.6 Å². The van der Waals surface area contributed by atoms with Gasteiger partial charge in [0.2, 0.25) is 5.91 Å². The minimum Gasteiger partial charge on any atom is -0.383 e. The third-order valence-corrected chi connectivity index (χ3v) is 2.44. The second-order valence-electron chi connectivity index (χ2n) is 3.73. The Morgan fingerprint density at radius 2 is 2.29 bits per heavy atom. The van der Waals surface area contributed by atoms with Crippen molar-refractivity contribution in [2.24, 2.45) is 11.5 Å². The molecule has 0 spiro atoms. The van der Waals surface area contributed by atoms with Crippen molar-refractivity contribution >= 4 is 5.91 Å². The highest BCUT2D eigenvalue weighted by atomic mass is 16.5. The summed E-state index contributed by atoms with van der Waals surface area (Å²) in [5.74, 6) is -0.437. The zero-order chi connectivity index (χ0) is 10.6. The van der Waals surface area contributed by atoms with Gasteiger partial charge >= 0.3 is 0 Å². The van der Waals surface area contributed by atoms with E-state index in [1.807, 2.05) is 0 Å². The van der Waals surface area contributed by atoms with Crippen molar-refractivity contribution < 1.29 is 9.53 Å². The van der Waals surface area contributed by atoms with Gasteiger partial charge < -0.3 is 16.2 Å². The van der Waals surface area contributed by atoms with Crippen molar-refractivity contribution in [3.8, 4) is 0 Å². The molecule has 1 aliphatic carbocycles. The van der Waals surface area contributed by atoms with Gasteiger partial charge in [-0.25, -0.2) is 0 Å². The van der Waals surface area contributed by atoms with E-state index >= 15 is 0 Å². The molecule has 0 radical (unpaired) electrons. The minimum atomic E-state index is -0.563. The number of methoxy groups -OCH3 is 1. The summed E-state index contributed by atoms with van der Waals surface area (Å²) in [6, 6.07) is 0.0167. The smallest absolute Gasteiger partial charge is 0.235 e. The molecule has 1 unspecified atom stereocenters. The summed E-state index contributed by atoms with van der Waals surface area (Å²) in [6.45, 7) is 2.04. The SMILES string of the molecule is COCCN(CC(N)C(N)=O)C1CC1. The number of amides is 1. The molecule has 5 heteroatoms. The molecular formula is C9H19N3O2. The Labute approximate surface area is 84.4 Å². The molecule has 4 N–H and O–H groups in total. The zero-order valence-electron chi connectivity index (χ0n) is 8.61. The van der Waals surface area contributed by atoms with E-state index in [4.69, 9.17) is 16.2 Å². The van der Waals surface area contributed by atoms with E-state index in [9.17, 15) is 4.79 Å². The minimum absolute atomic E-state index is 0.437. The van der Waals surface area contributed by atoms with Crippen molar-refractivity contribution in [2.45, 2.75) is 24.9 Å². The highest BCUT2D eigenvalue weighted by molar-refractivity contribution is 5.79. The van der Waals surface area contributed by atoms with E-state index in [2.05, 4.69) is 4.90 Å². The predicted octanol–water partition coefficient (Wildman–Crippen LogP) is -1.09. The second kappa shape index (κ2) is 5.29. The molecule has 5 nitrogen and oxygen atoms in total. The lowest BCUT2D eigenvalue weighted by molar-refractivity contribution is -0.119. The van der Waals surface area contributed by atoms with Gasteiger partial charge in [-0.05, 0) is 12.8 Å². The first kappa shape index (κ1) is 11.4. The van der Waals surface area contributed by atoms with Gasteiger partial charge in [0.15, 0.2) is 0 Å². The lowest BCUT2D eigenvalue weighted by atomic mass is 10.2. The second-order valence-corrected chi connectivity index (χ2v) is 3.73. The Morgan fingerprint density at radius 3 is 2.71 bits per heavy atom. The molecule has 0 aromatic rings. The molecule has 1 saturated carbocycles. The summed E-state index contributed by atoms with van der Waals surface area (Å²) in [4.78, 5) is 13.0. The van der Waals surface area contributed by atoms with Crippen molar-refractivity contribution in [3.63, 3.8) is 0 Å². The highest BCUT2D eigenvalue weighted by Gasteiger charge is 2.30. The van der Waals surface area contributed by atoms with Gasteiger partial charge in [0, 0.05) is 26.2 Å². The molecule has 1 aliphatic rings. The number of carbonyl (C=O) groups is 1. The van der Waals surface area contributed by atoms with Crippen LogP contribution in [-0.4, -0.2) is 49.7 Å². The third kappa shape index (κ3) is 3.61. The average Bonchev–Trinajstić information content (AvgIpc) is 2.94. The summed E-state index contributed by atoms with van der Waals surface area (Å²) in [5.41, 5.74) is 10.7. The number of hydrogen-bond acceptors (Lipinski definition) is 4. The van der Waals surface area contributed by atoms with Crippen LogP contribution in [0.2, 0.25) is 0 Å². The van der Waals surface area contributed by atoms with Crippen LogP contribution < -0.4 is 11.5 Å². The normalized spacial score (nSPS) is 18.5. The maximum absolute atomic E-state index is 10.8. The molecule has 1 rings (SSSR count). The summed E-state index contributed by atoms with van der Waals surface area (Å²) in [5, 5.41) is 0. The highest BCUT2D eigenvalue weighted by Crippen LogP contribution is 2.26. The summed E-state index contributed by atoms with van der Waals surface area (Å²) < 4.78 is 4.99. The number of hydrogen-bond donors (Lipinski definition) is 2. The van der Waals surface area contributed by atoms with Crippen LogP contribution in [0.3, 0.4) is 0 Å². The molecule has 0 aliphatic heterocycles. The third-order valence-electron chi connectivity index (χ3n) is 2.44. The standard InChI is InChI=1S/C9H19N3O2/c1-14-5-4-12(7-2-3-7)6-8(10)9(11)13/h7-8H,2-6,10H2,1H3,(H2,11,13). The molecule has 0 saturated heterocycles. The Kier molecular flexibility index (Phi) is 4.31. The van der Waals surface area contributed by atoms with Gasteiger partial charge in [-0.1, -0.05) is 0 Å². The van der Waals surface area contributed by atoms with E-state index in [-0.39, 0.29) is 0 Å². The van der Waals surface area contributed by atoms with Crippen molar-refractivity contribution in [3.05, 3.63) is 0 Å². The molecule has 0 aromatic heterocycles. The molecule has 82 valence electrons. The maximum atomic E-state index is 10.8. The molecule has 0 heterocycles.